The third-order valence-corrected chi connectivity index (χ3v) is 4.19. The zero-order valence-corrected chi connectivity index (χ0v) is 12.5. The Labute approximate surface area is 135 Å². The lowest BCUT2D eigenvalue weighted by Crippen LogP contribution is -2.59. The van der Waals surface area contributed by atoms with Gasteiger partial charge in [-0.1, -0.05) is 0 Å². The fraction of sp³-hybridized carbons (Fsp3) is 0.500. The summed E-state index contributed by atoms with van der Waals surface area (Å²) in [4.78, 5) is 22.2. The van der Waals surface area contributed by atoms with E-state index in [1.54, 1.807) is 0 Å². The Balaban J connectivity index is 1.74. The molecule has 2 bridgehead atoms. The predicted octanol–water partition coefficient (Wildman–Crippen LogP) is -1.12. The average Bonchev–Trinajstić information content (AvgIpc) is 2.87. The molecule has 1 amide bonds. The van der Waals surface area contributed by atoms with Gasteiger partial charge in [-0.15, -0.1) is 0 Å². The standard InChI is InChI=1S/C14H16N2O8/c1-14-11(19)9(18)8(17)10(23-14)13(24-14)15-12(20)6-2-4-7(5-3-6)16(21)22/h2-5,8-11,13,17-19H,1H3,(H,15,20)/t8-,9-,10+,11-,13-,14+/m0/s1. The monoisotopic (exact) mass is 340 g/mol. The number of rotatable bonds is 3. The number of carbonyl (C=O) groups excluding carboxylic acids is 1. The quantitative estimate of drug-likeness (QED) is 0.399. The highest BCUT2D eigenvalue weighted by Crippen LogP contribution is 2.39. The number of nitrogens with one attached hydrogen (secondary N) is 1. The second-order valence-corrected chi connectivity index (χ2v) is 5.84. The topological polar surface area (TPSA) is 151 Å². The number of non-ortho nitro benzene ring substituents is 1. The molecule has 24 heavy (non-hydrogen) atoms. The van der Waals surface area contributed by atoms with Crippen LogP contribution in [0.5, 0.6) is 0 Å². The SMILES string of the molecule is C[C@]12O[C@H]([C@@H](O)[C@H](O)[C@@H]1O)[C@@H](NC(=O)c1ccc([N+](=O)[O-])cc1)O2. The molecule has 0 aromatic heterocycles. The van der Waals surface area contributed by atoms with E-state index in [1.165, 1.54) is 31.2 Å². The van der Waals surface area contributed by atoms with E-state index in [0.717, 1.165) is 0 Å². The van der Waals surface area contributed by atoms with Gasteiger partial charge in [0, 0.05) is 17.7 Å². The molecule has 2 fully saturated rings. The summed E-state index contributed by atoms with van der Waals surface area (Å²) < 4.78 is 10.8. The maximum atomic E-state index is 12.2. The van der Waals surface area contributed by atoms with Crippen LogP contribution in [0.15, 0.2) is 24.3 Å². The van der Waals surface area contributed by atoms with Crippen molar-refractivity contribution in [1.82, 2.24) is 5.32 Å². The number of nitro benzene ring substituents is 1. The number of carbonyl (C=O) groups is 1. The van der Waals surface area contributed by atoms with Gasteiger partial charge in [-0.3, -0.25) is 14.9 Å². The molecule has 1 aromatic carbocycles. The minimum Gasteiger partial charge on any atom is -0.387 e. The van der Waals surface area contributed by atoms with Gasteiger partial charge in [0.15, 0.2) is 12.0 Å². The molecule has 4 N–H and O–H groups in total. The summed E-state index contributed by atoms with van der Waals surface area (Å²) in [7, 11) is 0. The zero-order valence-electron chi connectivity index (χ0n) is 12.5. The molecule has 2 aliphatic heterocycles. The van der Waals surface area contributed by atoms with Crippen molar-refractivity contribution in [3.05, 3.63) is 39.9 Å². The average molecular weight is 340 g/mol. The van der Waals surface area contributed by atoms with Gasteiger partial charge in [-0.25, -0.2) is 0 Å². The summed E-state index contributed by atoms with van der Waals surface area (Å²) in [6.45, 7) is 1.39. The molecule has 10 heteroatoms. The van der Waals surface area contributed by atoms with Crippen molar-refractivity contribution in [3.63, 3.8) is 0 Å². The van der Waals surface area contributed by atoms with Crippen molar-refractivity contribution in [2.75, 3.05) is 0 Å². The van der Waals surface area contributed by atoms with Crippen LogP contribution < -0.4 is 5.32 Å². The minimum absolute atomic E-state index is 0.145. The number of amides is 1. The van der Waals surface area contributed by atoms with Gasteiger partial charge in [-0.2, -0.15) is 0 Å². The van der Waals surface area contributed by atoms with Gasteiger partial charge >= 0.3 is 0 Å². The maximum absolute atomic E-state index is 12.2. The number of nitro groups is 1. The molecule has 0 radical (unpaired) electrons. The van der Waals surface area contributed by atoms with E-state index in [4.69, 9.17) is 9.47 Å². The molecule has 0 aliphatic carbocycles. The van der Waals surface area contributed by atoms with Crippen LogP contribution in [0.2, 0.25) is 0 Å². The number of hydrogen-bond acceptors (Lipinski definition) is 8. The van der Waals surface area contributed by atoms with Crippen molar-refractivity contribution in [1.29, 1.82) is 0 Å². The Hall–Kier alpha value is -2.11. The predicted molar refractivity (Wildman–Crippen MR) is 76.7 cm³/mol. The molecule has 130 valence electrons. The van der Waals surface area contributed by atoms with Gasteiger partial charge in [0.1, 0.15) is 24.4 Å². The number of benzene rings is 1. The van der Waals surface area contributed by atoms with Gasteiger partial charge in [0.25, 0.3) is 11.6 Å². The Morgan fingerprint density at radius 1 is 1.21 bits per heavy atom. The molecule has 2 saturated heterocycles. The van der Waals surface area contributed by atoms with E-state index in [1.807, 2.05) is 0 Å². The van der Waals surface area contributed by atoms with Crippen molar-refractivity contribution in [2.45, 2.75) is 43.4 Å². The van der Waals surface area contributed by atoms with Crippen LogP contribution in [-0.2, 0) is 9.47 Å². The molecular weight excluding hydrogens is 324 g/mol. The van der Waals surface area contributed by atoms with Crippen LogP contribution in [-0.4, -0.2) is 62.6 Å². The van der Waals surface area contributed by atoms with E-state index in [2.05, 4.69) is 5.32 Å². The maximum Gasteiger partial charge on any atom is 0.269 e. The van der Waals surface area contributed by atoms with Crippen LogP contribution in [0.3, 0.4) is 0 Å². The molecule has 2 heterocycles. The Bertz CT molecular complexity index is 665. The van der Waals surface area contributed by atoms with E-state index < -0.39 is 47.3 Å². The van der Waals surface area contributed by atoms with E-state index in [9.17, 15) is 30.2 Å². The largest absolute Gasteiger partial charge is 0.387 e. The van der Waals surface area contributed by atoms with E-state index in [-0.39, 0.29) is 11.3 Å². The van der Waals surface area contributed by atoms with Crippen molar-refractivity contribution in [3.8, 4) is 0 Å². The molecule has 10 nitrogen and oxygen atoms in total. The summed E-state index contributed by atoms with van der Waals surface area (Å²) in [5, 5.41) is 42.8. The number of hydrogen-bond donors (Lipinski definition) is 4. The smallest absolute Gasteiger partial charge is 0.269 e. The molecule has 0 saturated carbocycles. The van der Waals surface area contributed by atoms with E-state index >= 15 is 0 Å². The lowest BCUT2D eigenvalue weighted by Gasteiger charge is -2.38. The third kappa shape index (κ3) is 2.64. The number of nitrogens with zero attached hydrogens (tertiary/aromatic N) is 1. The minimum atomic E-state index is -1.56. The van der Waals surface area contributed by atoms with Crippen LogP contribution in [0, 0.1) is 10.1 Å². The summed E-state index contributed by atoms with van der Waals surface area (Å²) in [6.07, 6.45) is -6.56. The zero-order chi connectivity index (χ0) is 17.6. The molecule has 2 aliphatic rings. The second kappa shape index (κ2) is 5.76. The van der Waals surface area contributed by atoms with E-state index in [0.29, 0.717) is 0 Å². The number of ether oxygens (including phenoxy) is 2. The molecule has 3 rings (SSSR count). The number of aliphatic hydroxyl groups excluding tert-OH is 3. The Kier molecular flexibility index (Phi) is 4.01. The summed E-state index contributed by atoms with van der Waals surface area (Å²) >= 11 is 0. The molecule has 0 unspecified atom stereocenters. The first-order valence-electron chi connectivity index (χ1n) is 7.18. The highest BCUT2D eigenvalue weighted by Gasteiger charge is 2.61. The lowest BCUT2D eigenvalue weighted by atomic mass is 9.95. The third-order valence-electron chi connectivity index (χ3n) is 4.19. The van der Waals surface area contributed by atoms with Gasteiger partial charge in [-0.05, 0) is 19.1 Å². The Morgan fingerprint density at radius 3 is 2.42 bits per heavy atom. The van der Waals surface area contributed by atoms with Crippen LogP contribution >= 0.6 is 0 Å². The molecule has 0 spiro atoms. The normalized spacial score (nSPS) is 37.9. The first kappa shape index (κ1) is 16.7. The van der Waals surface area contributed by atoms with Crippen LogP contribution in [0.25, 0.3) is 0 Å². The summed E-state index contributed by atoms with van der Waals surface area (Å²) in [6, 6.07) is 4.92. The first-order valence-corrected chi connectivity index (χ1v) is 7.18. The van der Waals surface area contributed by atoms with Crippen molar-refractivity contribution >= 4 is 11.6 Å². The molecule has 6 atom stereocenters. The first-order chi connectivity index (χ1) is 11.2. The van der Waals surface area contributed by atoms with Crippen molar-refractivity contribution < 1.29 is 34.5 Å². The number of fused-ring (bicyclic) bond motifs is 2. The molecule has 1 aromatic rings. The van der Waals surface area contributed by atoms with Gasteiger partial charge < -0.3 is 30.1 Å². The summed E-state index contributed by atoms with van der Waals surface area (Å²) in [5.74, 6) is -2.16. The molecular formula is C14H16N2O8. The van der Waals surface area contributed by atoms with Crippen LogP contribution in [0.4, 0.5) is 5.69 Å². The fourth-order valence-corrected chi connectivity index (χ4v) is 2.82. The van der Waals surface area contributed by atoms with Gasteiger partial charge in [0.05, 0.1) is 4.92 Å². The fourth-order valence-electron chi connectivity index (χ4n) is 2.82. The summed E-state index contributed by atoms with van der Waals surface area (Å²) in [5.41, 5.74) is -0.0107. The Morgan fingerprint density at radius 2 is 1.83 bits per heavy atom. The van der Waals surface area contributed by atoms with Crippen molar-refractivity contribution in [2.24, 2.45) is 0 Å². The second-order valence-electron chi connectivity index (χ2n) is 5.84. The highest BCUT2D eigenvalue weighted by atomic mass is 16.8. The van der Waals surface area contributed by atoms with Gasteiger partial charge in [0.2, 0.25) is 0 Å². The highest BCUT2D eigenvalue weighted by molar-refractivity contribution is 5.94. The lowest BCUT2D eigenvalue weighted by molar-refractivity contribution is -0.384. The number of aliphatic hydroxyl groups is 3. The van der Waals surface area contributed by atoms with Crippen LogP contribution in [0.1, 0.15) is 17.3 Å².